The van der Waals surface area contributed by atoms with Gasteiger partial charge in [-0.25, -0.2) is 0 Å². The van der Waals surface area contributed by atoms with Gasteiger partial charge in [-0.2, -0.15) is 0 Å². The molecule has 0 unspecified atom stereocenters. The van der Waals surface area contributed by atoms with Gasteiger partial charge in [-0.3, -0.25) is 4.79 Å². The second-order valence-corrected chi connectivity index (χ2v) is 8.13. The molecule has 1 N–H and O–H groups in total. The summed E-state index contributed by atoms with van der Waals surface area (Å²) in [6.45, 7) is 1.48. The fourth-order valence-corrected chi connectivity index (χ4v) is 3.70. The summed E-state index contributed by atoms with van der Waals surface area (Å²) in [6, 6.07) is 12.5. The maximum Gasteiger partial charge on any atom is 0.234 e. The van der Waals surface area contributed by atoms with Crippen molar-refractivity contribution in [2.45, 2.75) is 18.2 Å². The molecule has 162 valence electrons. The van der Waals surface area contributed by atoms with Crippen LogP contribution in [-0.2, 0) is 18.4 Å². The van der Waals surface area contributed by atoms with E-state index in [4.69, 9.17) is 25.8 Å². The Morgan fingerprint density at radius 2 is 1.94 bits per heavy atom. The third-order valence-electron chi connectivity index (χ3n) is 4.47. The molecule has 0 saturated heterocycles. The molecule has 0 fully saturated rings. The van der Waals surface area contributed by atoms with Gasteiger partial charge in [0, 0.05) is 30.2 Å². The smallest absolute Gasteiger partial charge is 0.234 e. The summed E-state index contributed by atoms with van der Waals surface area (Å²) in [4.78, 5) is 12.4. The number of benzene rings is 2. The van der Waals surface area contributed by atoms with E-state index in [-0.39, 0.29) is 18.3 Å². The van der Waals surface area contributed by atoms with Gasteiger partial charge in [0.15, 0.2) is 22.5 Å². The van der Waals surface area contributed by atoms with Gasteiger partial charge in [0.1, 0.15) is 12.4 Å². The van der Waals surface area contributed by atoms with Crippen molar-refractivity contribution in [1.82, 2.24) is 14.8 Å². The Morgan fingerprint density at radius 3 is 2.74 bits per heavy atom. The Kier molecular flexibility index (Phi) is 6.83. The van der Waals surface area contributed by atoms with Crippen LogP contribution in [0.3, 0.4) is 0 Å². The summed E-state index contributed by atoms with van der Waals surface area (Å²) in [5.41, 5.74) is 0.657. The number of aromatic nitrogens is 3. The summed E-state index contributed by atoms with van der Waals surface area (Å²) in [6.07, 6.45) is 0.831. The number of hydrogen-bond donors (Lipinski definition) is 1. The van der Waals surface area contributed by atoms with Crippen LogP contribution in [0.15, 0.2) is 47.6 Å². The highest BCUT2D eigenvalue weighted by molar-refractivity contribution is 7.99. The third kappa shape index (κ3) is 5.62. The van der Waals surface area contributed by atoms with Crippen LogP contribution in [0.4, 0.5) is 5.69 Å². The zero-order valence-corrected chi connectivity index (χ0v) is 18.4. The van der Waals surface area contributed by atoms with Crippen molar-refractivity contribution in [3.8, 4) is 17.2 Å². The Morgan fingerprint density at radius 1 is 1.16 bits per heavy atom. The van der Waals surface area contributed by atoms with Gasteiger partial charge in [-0.15, -0.1) is 10.2 Å². The predicted molar refractivity (Wildman–Crippen MR) is 118 cm³/mol. The highest BCUT2D eigenvalue weighted by Crippen LogP contribution is 2.32. The molecule has 1 amide bonds. The number of halogens is 1. The number of hydrogen-bond acceptors (Lipinski definition) is 7. The Balaban J connectivity index is 1.29. The average molecular weight is 461 g/mol. The Labute approximate surface area is 188 Å². The Hall–Kier alpha value is -2.91. The number of ether oxygens (including phenoxy) is 3. The first-order valence-corrected chi connectivity index (χ1v) is 11.0. The highest BCUT2D eigenvalue weighted by Gasteiger charge is 2.14. The summed E-state index contributed by atoms with van der Waals surface area (Å²) in [7, 11) is 1.84. The molecule has 4 rings (SSSR count). The van der Waals surface area contributed by atoms with E-state index in [1.54, 1.807) is 47.0 Å². The predicted octanol–water partition coefficient (Wildman–Crippen LogP) is 3.94. The van der Waals surface area contributed by atoms with Gasteiger partial charge >= 0.3 is 0 Å². The molecular weight excluding hydrogens is 440 g/mol. The molecule has 0 aliphatic carbocycles. The molecule has 10 heteroatoms. The number of nitrogens with one attached hydrogen (secondary N) is 1. The van der Waals surface area contributed by atoms with E-state index >= 15 is 0 Å². The summed E-state index contributed by atoms with van der Waals surface area (Å²) < 4.78 is 18.8. The van der Waals surface area contributed by atoms with Crippen molar-refractivity contribution >= 4 is 35.0 Å². The quantitative estimate of drug-likeness (QED) is 0.534. The number of carbonyl (C=O) groups is 1. The van der Waals surface area contributed by atoms with E-state index in [0.29, 0.717) is 52.2 Å². The van der Waals surface area contributed by atoms with E-state index in [9.17, 15) is 4.79 Å². The number of nitrogens with zero attached hydrogens (tertiary/aromatic N) is 3. The molecule has 0 radical (unpaired) electrons. The van der Waals surface area contributed by atoms with Gasteiger partial charge in [-0.05, 0) is 36.4 Å². The molecule has 8 nitrogen and oxygen atoms in total. The average Bonchev–Trinajstić information content (AvgIpc) is 2.96. The minimum Gasteiger partial charge on any atom is -0.490 e. The van der Waals surface area contributed by atoms with Crippen molar-refractivity contribution in [1.29, 1.82) is 0 Å². The second-order valence-electron chi connectivity index (χ2n) is 6.75. The van der Waals surface area contributed by atoms with Crippen molar-refractivity contribution in [3.63, 3.8) is 0 Å². The van der Waals surface area contributed by atoms with Crippen LogP contribution in [0.25, 0.3) is 0 Å². The molecule has 0 saturated carbocycles. The molecule has 1 aliphatic rings. The number of fused-ring (bicyclic) bond motifs is 1. The number of anilines is 1. The molecule has 31 heavy (non-hydrogen) atoms. The van der Waals surface area contributed by atoms with E-state index in [2.05, 4.69) is 15.5 Å². The lowest BCUT2D eigenvalue weighted by atomic mass is 10.2. The van der Waals surface area contributed by atoms with Crippen LogP contribution in [-0.4, -0.2) is 39.6 Å². The van der Waals surface area contributed by atoms with Gasteiger partial charge in [0.05, 0.1) is 19.0 Å². The van der Waals surface area contributed by atoms with Crippen molar-refractivity contribution < 1.29 is 19.0 Å². The maximum atomic E-state index is 12.4. The van der Waals surface area contributed by atoms with Crippen LogP contribution >= 0.6 is 23.4 Å². The number of thioether (sulfide) groups is 1. The fourth-order valence-electron chi connectivity index (χ4n) is 2.84. The molecule has 2 aromatic carbocycles. The van der Waals surface area contributed by atoms with Gasteiger partial charge in [0.25, 0.3) is 0 Å². The molecule has 3 aromatic rings. The van der Waals surface area contributed by atoms with Gasteiger partial charge < -0.3 is 24.1 Å². The summed E-state index contributed by atoms with van der Waals surface area (Å²) in [5, 5.41) is 12.4. The first-order valence-electron chi connectivity index (χ1n) is 9.67. The molecule has 0 spiro atoms. The van der Waals surface area contributed by atoms with Crippen molar-refractivity contribution in [2.24, 2.45) is 7.05 Å². The van der Waals surface area contributed by atoms with E-state index in [1.165, 1.54) is 11.8 Å². The molecule has 1 aromatic heterocycles. The fraction of sp³-hybridized carbons (Fsp3) is 0.286. The SMILES string of the molecule is Cn1c(COc2ccc(Cl)cc2)nnc1SCC(=O)Nc1ccc2c(c1)OCCCO2. The Bertz CT molecular complexity index is 1060. The molecule has 0 atom stereocenters. The standard InChI is InChI=1S/C21H21ClN4O4S/c1-26-19(12-30-16-6-3-14(22)4-7-16)24-25-21(26)31-13-20(27)23-15-5-8-17-18(11-15)29-10-2-9-28-17/h3-8,11H,2,9-10,12-13H2,1H3,(H,23,27). The molecule has 0 bridgehead atoms. The maximum absolute atomic E-state index is 12.4. The molecule has 2 heterocycles. The normalized spacial score (nSPS) is 12.8. The lowest BCUT2D eigenvalue weighted by molar-refractivity contribution is -0.113. The largest absolute Gasteiger partial charge is 0.490 e. The first kappa shape index (κ1) is 21.3. The van der Waals surface area contributed by atoms with Gasteiger partial charge in [-0.1, -0.05) is 23.4 Å². The minimum atomic E-state index is -0.151. The van der Waals surface area contributed by atoms with Gasteiger partial charge in [0.2, 0.25) is 5.91 Å². The molecular formula is C21H21ClN4O4S. The first-order chi connectivity index (χ1) is 15.1. The van der Waals surface area contributed by atoms with E-state index < -0.39 is 0 Å². The summed E-state index contributed by atoms with van der Waals surface area (Å²) >= 11 is 7.18. The highest BCUT2D eigenvalue weighted by atomic mass is 35.5. The van der Waals surface area contributed by atoms with Crippen molar-refractivity contribution in [3.05, 3.63) is 53.3 Å². The van der Waals surface area contributed by atoms with Crippen LogP contribution in [0.1, 0.15) is 12.2 Å². The number of amides is 1. The lowest BCUT2D eigenvalue weighted by Gasteiger charge is -2.10. The molecule has 1 aliphatic heterocycles. The van der Waals surface area contributed by atoms with Crippen LogP contribution < -0.4 is 19.5 Å². The van der Waals surface area contributed by atoms with Crippen LogP contribution in [0.2, 0.25) is 5.02 Å². The van der Waals surface area contributed by atoms with E-state index in [0.717, 1.165) is 6.42 Å². The van der Waals surface area contributed by atoms with Crippen LogP contribution in [0, 0.1) is 0 Å². The number of carbonyl (C=O) groups excluding carboxylic acids is 1. The van der Waals surface area contributed by atoms with Crippen molar-refractivity contribution in [2.75, 3.05) is 24.3 Å². The topological polar surface area (TPSA) is 87.5 Å². The number of rotatable bonds is 7. The summed E-state index contributed by atoms with van der Waals surface area (Å²) in [5.74, 6) is 2.72. The monoisotopic (exact) mass is 460 g/mol. The lowest BCUT2D eigenvalue weighted by Crippen LogP contribution is -2.14. The second kappa shape index (κ2) is 9.93. The van der Waals surface area contributed by atoms with Crippen LogP contribution in [0.5, 0.6) is 17.2 Å². The van der Waals surface area contributed by atoms with E-state index in [1.807, 2.05) is 7.05 Å². The third-order valence-corrected chi connectivity index (χ3v) is 5.74. The minimum absolute atomic E-state index is 0.151. The zero-order chi connectivity index (χ0) is 21.6. The zero-order valence-electron chi connectivity index (χ0n) is 16.8.